The van der Waals surface area contributed by atoms with Crippen molar-refractivity contribution in [2.24, 2.45) is 0 Å². The zero-order valence-electron chi connectivity index (χ0n) is 13.6. The van der Waals surface area contributed by atoms with E-state index in [0.717, 1.165) is 17.8 Å². The van der Waals surface area contributed by atoms with E-state index < -0.39 is 11.6 Å². The van der Waals surface area contributed by atoms with Crippen LogP contribution in [-0.2, 0) is 4.79 Å². The summed E-state index contributed by atoms with van der Waals surface area (Å²) < 4.78 is 32.5. The van der Waals surface area contributed by atoms with Crippen molar-refractivity contribution in [1.82, 2.24) is 5.32 Å². The summed E-state index contributed by atoms with van der Waals surface area (Å²) in [4.78, 5) is 11.1. The molecular weight excluding hydrogens is 314 g/mol. The van der Waals surface area contributed by atoms with E-state index in [4.69, 9.17) is 4.74 Å². The van der Waals surface area contributed by atoms with Gasteiger partial charge in [0.2, 0.25) is 5.91 Å². The maximum Gasteiger partial charge on any atom is 0.223 e. The molecule has 2 aromatic rings. The zero-order chi connectivity index (χ0) is 17.5. The lowest BCUT2D eigenvalue weighted by atomic mass is 10.1. The van der Waals surface area contributed by atoms with E-state index in [1.807, 2.05) is 0 Å². The summed E-state index contributed by atoms with van der Waals surface area (Å²) in [6.07, 6.45) is 0.284. The maximum absolute atomic E-state index is 13.8. The molecule has 0 aliphatic rings. The number of halogens is 2. The Balaban J connectivity index is 1.93. The van der Waals surface area contributed by atoms with Crippen molar-refractivity contribution in [3.8, 4) is 5.75 Å². The molecule has 0 unspecified atom stereocenters. The lowest BCUT2D eigenvalue weighted by Crippen LogP contribution is -2.20. The van der Waals surface area contributed by atoms with Crippen molar-refractivity contribution in [2.45, 2.75) is 19.4 Å². The normalized spacial score (nSPS) is 11.7. The van der Waals surface area contributed by atoms with Gasteiger partial charge in [-0.25, -0.2) is 8.78 Å². The molecule has 2 aromatic carbocycles. The Bertz CT molecular complexity index is 690. The fourth-order valence-corrected chi connectivity index (χ4v) is 2.21. The highest BCUT2D eigenvalue weighted by Gasteiger charge is 2.12. The fraction of sp³-hybridized carbons (Fsp3) is 0.278. The third kappa shape index (κ3) is 4.94. The summed E-state index contributed by atoms with van der Waals surface area (Å²) in [6.45, 7) is 2.04. The highest BCUT2D eigenvalue weighted by molar-refractivity contribution is 5.75. The minimum absolute atomic E-state index is 0.0840. The smallest absolute Gasteiger partial charge is 0.223 e. The number of anilines is 1. The third-order valence-electron chi connectivity index (χ3n) is 3.54. The number of rotatable bonds is 7. The summed E-state index contributed by atoms with van der Waals surface area (Å²) in [6, 6.07) is 10.1. The van der Waals surface area contributed by atoms with Crippen LogP contribution in [0.3, 0.4) is 0 Å². The standard InChI is InChI=1S/C18H20F2N2O2/c1-12(16-11-13(19)3-8-17(16)20)22-14-4-6-15(7-5-14)24-10-9-18(23)21-2/h3-8,11-12,22H,9-10H2,1-2H3,(H,21,23)/t12-/m0/s1. The predicted molar refractivity (Wildman–Crippen MR) is 89.0 cm³/mol. The molecule has 0 aromatic heterocycles. The summed E-state index contributed by atoms with van der Waals surface area (Å²) >= 11 is 0. The van der Waals surface area contributed by atoms with Crippen LogP contribution in [0.15, 0.2) is 42.5 Å². The number of hydrogen-bond donors (Lipinski definition) is 2. The second-order valence-electron chi connectivity index (χ2n) is 5.33. The van der Waals surface area contributed by atoms with E-state index in [-0.39, 0.29) is 30.5 Å². The minimum atomic E-state index is -0.472. The molecule has 2 N–H and O–H groups in total. The molecule has 0 saturated heterocycles. The molecule has 0 aliphatic heterocycles. The van der Waals surface area contributed by atoms with Crippen LogP contribution in [0.25, 0.3) is 0 Å². The topological polar surface area (TPSA) is 50.4 Å². The van der Waals surface area contributed by atoms with Gasteiger partial charge in [-0.2, -0.15) is 0 Å². The first-order valence-corrected chi connectivity index (χ1v) is 7.64. The lowest BCUT2D eigenvalue weighted by molar-refractivity contribution is -0.121. The highest BCUT2D eigenvalue weighted by atomic mass is 19.1. The first kappa shape index (κ1) is 17.7. The lowest BCUT2D eigenvalue weighted by Gasteiger charge is -2.17. The van der Waals surface area contributed by atoms with E-state index in [1.54, 1.807) is 38.2 Å². The van der Waals surface area contributed by atoms with Gasteiger partial charge in [-0.1, -0.05) is 0 Å². The van der Waals surface area contributed by atoms with Gasteiger partial charge in [-0.05, 0) is 49.4 Å². The molecular formula is C18H20F2N2O2. The predicted octanol–water partition coefficient (Wildman–Crippen LogP) is 3.65. The maximum atomic E-state index is 13.8. The highest BCUT2D eigenvalue weighted by Crippen LogP contribution is 2.24. The van der Waals surface area contributed by atoms with E-state index in [1.165, 1.54) is 6.07 Å². The summed E-state index contributed by atoms with van der Waals surface area (Å²) in [5.41, 5.74) is 1.02. The van der Waals surface area contributed by atoms with Crippen LogP contribution in [0.2, 0.25) is 0 Å². The van der Waals surface area contributed by atoms with E-state index in [2.05, 4.69) is 10.6 Å². The van der Waals surface area contributed by atoms with Crippen LogP contribution in [0.4, 0.5) is 14.5 Å². The van der Waals surface area contributed by atoms with Gasteiger partial charge >= 0.3 is 0 Å². The summed E-state index contributed by atoms with van der Waals surface area (Å²) in [5.74, 6) is -0.376. The van der Waals surface area contributed by atoms with E-state index >= 15 is 0 Å². The molecule has 24 heavy (non-hydrogen) atoms. The molecule has 0 heterocycles. The van der Waals surface area contributed by atoms with Crippen LogP contribution in [0.1, 0.15) is 24.9 Å². The van der Waals surface area contributed by atoms with Crippen molar-refractivity contribution in [1.29, 1.82) is 0 Å². The first-order valence-electron chi connectivity index (χ1n) is 7.64. The Kier molecular flexibility index (Phi) is 6.12. The average Bonchev–Trinajstić information content (AvgIpc) is 2.58. The first-order chi connectivity index (χ1) is 11.5. The van der Waals surface area contributed by atoms with Crippen LogP contribution in [-0.4, -0.2) is 19.6 Å². The van der Waals surface area contributed by atoms with Crippen LogP contribution in [0, 0.1) is 11.6 Å². The fourth-order valence-electron chi connectivity index (χ4n) is 2.21. The number of ether oxygens (including phenoxy) is 1. The Morgan fingerprint density at radius 1 is 1.17 bits per heavy atom. The molecule has 128 valence electrons. The molecule has 0 saturated carbocycles. The number of amides is 1. The van der Waals surface area contributed by atoms with Crippen molar-refractivity contribution < 1.29 is 18.3 Å². The quantitative estimate of drug-likeness (QED) is 0.812. The number of nitrogens with one attached hydrogen (secondary N) is 2. The zero-order valence-corrected chi connectivity index (χ0v) is 13.6. The van der Waals surface area contributed by atoms with Gasteiger partial charge in [0.05, 0.1) is 19.1 Å². The van der Waals surface area contributed by atoms with Crippen LogP contribution < -0.4 is 15.4 Å². The Morgan fingerprint density at radius 3 is 2.54 bits per heavy atom. The van der Waals surface area contributed by atoms with Crippen molar-refractivity contribution in [3.63, 3.8) is 0 Å². The van der Waals surface area contributed by atoms with Gasteiger partial charge in [0.15, 0.2) is 0 Å². The van der Waals surface area contributed by atoms with Crippen molar-refractivity contribution in [3.05, 3.63) is 59.7 Å². The average molecular weight is 334 g/mol. The molecule has 1 atom stereocenters. The van der Waals surface area contributed by atoms with Gasteiger partial charge in [0, 0.05) is 18.3 Å². The second-order valence-corrected chi connectivity index (χ2v) is 5.33. The van der Waals surface area contributed by atoms with Gasteiger partial charge in [0.1, 0.15) is 17.4 Å². The molecule has 0 aliphatic carbocycles. The number of carbonyl (C=O) groups is 1. The minimum Gasteiger partial charge on any atom is -0.493 e. The molecule has 1 amide bonds. The second kappa shape index (κ2) is 8.29. The van der Waals surface area contributed by atoms with E-state index in [9.17, 15) is 13.6 Å². The third-order valence-corrected chi connectivity index (χ3v) is 3.54. The Morgan fingerprint density at radius 2 is 1.88 bits per heavy atom. The largest absolute Gasteiger partial charge is 0.493 e. The summed E-state index contributed by atoms with van der Waals surface area (Å²) in [5, 5.41) is 5.63. The van der Waals surface area contributed by atoms with Gasteiger partial charge < -0.3 is 15.4 Å². The molecule has 0 bridgehead atoms. The van der Waals surface area contributed by atoms with Crippen LogP contribution >= 0.6 is 0 Å². The Labute approximate surface area is 139 Å². The SMILES string of the molecule is CNC(=O)CCOc1ccc(N[C@@H](C)c2cc(F)ccc2F)cc1. The van der Waals surface area contributed by atoms with Gasteiger partial charge in [-0.3, -0.25) is 4.79 Å². The van der Waals surface area contributed by atoms with Crippen LogP contribution in [0.5, 0.6) is 5.75 Å². The number of benzene rings is 2. The summed E-state index contributed by atoms with van der Waals surface area (Å²) in [7, 11) is 1.57. The molecule has 4 nitrogen and oxygen atoms in total. The Hall–Kier alpha value is -2.63. The van der Waals surface area contributed by atoms with Gasteiger partial charge in [-0.15, -0.1) is 0 Å². The number of carbonyl (C=O) groups excluding carboxylic acids is 1. The molecule has 0 radical (unpaired) electrons. The molecule has 0 spiro atoms. The molecule has 2 rings (SSSR count). The van der Waals surface area contributed by atoms with Gasteiger partial charge in [0.25, 0.3) is 0 Å². The monoisotopic (exact) mass is 334 g/mol. The van der Waals surface area contributed by atoms with Crippen molar-refractivity contribution in [2.75, 3.05) is 19.0 Å². The van der Waals surface area contributed by atoms with Crippen molar-refractivity contribution >= 4 is 11.6 Å². The molecule has 6 heteroatoms. The number of hydrogen-bond acceptors (Lipinski definition) is 3. The van der Waals surface area contributed by atoms with E-state index in [0.29, 0.717) is 5.75 Å². The molecule has 0 fully saturated rings.